The number of hydrogen-bond acceptors (Lipinski definition) is 3. The quantitative estimate of drug-likeness (QED) is 0.560. The number of amides is 1. The van der Waals surface area contributed by atoms with Crippen LogP contribution >= 0.6 is 22.6 Å². The van der Waals surface area contributed by atoms with Gasteiger partial charge in [0.15, 0.2) is 5.82 Å². The Morgan fingerprint density at radius 1 is 1.11 bits per heavy atom. The molecule has 0 fully saturated rings. The summed E-state index contributed by atoms with van der Waals surface area (Å²) in [6.45, 7) is 0.788. The Labute approximate surface area is 170 Å². The zero-order valence-electron chi connectivity index (χ0n) is 14.6. The third-order valence-electron chi connectivity index (χ3n) is 4.69. The highest BCUT2D eigenvalue weighted by molar-refractivity contribution is 14.1. The number of carbonyl (C=O) groups excluding carboxylic acids is 1. The van der Waals surface area contributed by atoms with Crippen molar-refractivity contribution < 1.29 is 9.18 Å². The van der Waals surface area contributed by atoms with Gasteiger partial charge in [0.2, 0.25) is 0 Å². The average Bonchev–Trinajstić information content (AvgIpc) is 2.91. The first-order valence-electron chi connectivity index (χ1n) is 8.91. The predicted molar refractivity (Wildman–Crippen MR) is 110 cm³/mol. The standard InChI is InChI=1S/C20H18FIN4O/c21-16-10-9-13(23-20(27)14-6-3-4-7-17(14)22)12-15(16)19-25-24-18-8-2-1-5-11-26(18)19/h3-4,6-7,9-10,12H,1-2,5,8,11H2,(H,23,27). The van der Waals surface area contributed by atoms with Crippen molar-refractivity contribution in [2.45, 2.75) is 32.2 Å². The lowest BCUT2D eigenvalue weighted by molar-refractivity contribution is 0.102. The molecule has 0 radical (unpaired) electrons. The number of anilines is 1. The molecule has 1 aromatic heterocycles. The number of aromatic nitrogens is 3. The van der Waals surface area contributed by atoms with Crippen molar-refractivity contribution in [3.63, 3.8) is 0 Å². The molecule has 1 aliphatic heterocycles. The number of aryl methyl sites for hydroxylation is 1. The molecule has 5 nitrogen and oxygen atoms in total. The fourth-order valence-corrected chi connectivity index (χ4v) is 3.93. The van der Waals surface area contributed by atoms with Gasteiger partial charge in [-0.1, -0.05) is 18.6 Å². The summed E-state index contributed by atoms with van der Waals surface area (Å²) < 4.78 is 17.4. The first-order chi connectivity index (χ1) is 13.1. The number of fused-ring (bicyclic) bond motifs is 1. The molecule has 0 saturated carbocycles. The maximum atomic E-state index is 14.5. The third-order valence-corrected chi connectivity index (χ3v) is 5.63. The Bertz CT molecular complexity index is 1000. The van der Waals surface area contributed by atoms with E-state index in [1.807, 2.05) is 22.8 Å². The van der Waals surface area contributed by atoms with Crippen molar-refractivity contribution in [3.8, 4) is 11.4 Å². The number of nitrogens with one attached hydrogen (secondary N) is 1. The van der Waals surface area contributed by atoms with Crippen LogP contribution in [0.4, 0.5) is 10.1 Å². The minimum absolute atomic E-state index is 0.224. The summed E-state index contributed by atoms with van der Waals surface area (Å²) >= 11 is 2.12. The van der Waals surface area contributed by atoms with Gasteiger partial charge < -0.3 is 9.88 Å². The van der Waals surface area contributed by atoms with Gasteiger partial charge in [-0.05, 0) is 65.8 Å². The average molecular weight is 476 g/mol. The van der Waals surface area contributed by atoms with E-state index < -0.39 is 0 Å². The number of rotatable bonds is 3. The summed E-state index contributed by atoms with van der Waals surface area (Å²) in [5, 5.41) is 11.3. The molecule has 0 aliphatic carbocycles. The van der Waals surface area contributed by atoms with Gasteiger partial charge >= 0.3 is 0 Å². The first kappa shape index (κ1) is 18.1. The number of benzene rings is 2. The van der Waals surface area contributed by atoms with Gasteiger partial charge in [0.1, 0.15) is 11.6 Å². The van der Waals surface area contributed by atoms with Crippen LogP contribution < -0.4 is 5.32 Å². The second-order valence-corrected chi connectivity index (χ2v) is 7.69. The van der Waals surface area contributed by atoms with E-state index in [9.17, 15) is 9.18 Å². The Morgan fingerprint density at radius 2 is 1.96 bits per heavy atom. The molecule has 2 aromatic carbocycles. The van der Waals surface area contributed by atoms with Gasteiger partial charge in [-0.15, -0.1) is 10.2 Å². The van der Waals surface area contributed by atoms with Gasteiger partial charge in [0.05, 0.1) is 11.1 Å². The number of halogens is 2. The lowest BCUT2D eigenvalue weighted by atomic mass is 10.1. The normalized spacial score (nSPS) is 13.7. The Balaban J connectivity index is 1.66. The van der Waals surface area contributed by atoms with Crippen molar-refractivity contribution in [2.75, 3.05) is 5.32 Å². The van der Waals surface area contributed by atoms with Gasteiger partial charge in [-0.25, -0.2) is 4.39 Å². The van der Waals surface area contributed by atoms with Gasteiger partial charge in [-0.2, -0.15) is 0 Å². The molecule has 0 unspecified atom stereocenters. The van der Waals surface area contributed by atoms with Crippen LogP contribution in [0.3, 0.4) is 0 Å². The van der Waals surface area contributed by atoms with Crippen LogP contribution in [0.25, 0.3) is 11.4 Å². The molecule has 0 bridgehead atoms. The summed E-state index contributed by atoms with van der Waals surface area (Å²) in [7, 11) is 0. The van der Waals surface area contributed by atoms with Crippen molar-refractivity contribution in [1.82, 2.24) is 14.8 Å². The number of carbonyl (C=O) groups is 1. The van der Waals surface area contributed by atoms with Gasteiger partial charge in [-0.3, -0.25) is 4.79 Å². The molecular weight excluding hydrogens is 458 g/mol. The smallest absolute Gasteiger partial charge is 0.256 e. The van der Waals surface area contributed by atoms with Crippen LogP contribution in [0.1, 0.15) is 35.4 Å². The van der Waals surface area contributed by atoms with Crippen LogP contribution in [-0.2, 0) is 13.0 Å². The van der Waals surface area contributed by atoms with Gasteiger partial charge in [0.25, 0.3) is 5.91 Å². The Morgan fingerprint density at radius 3 is 2.81 bits per heavy atom. The summed E-state index contributed by atoms with van der Waals surface area (Å²) in [6, 6.07) is 11.9. The van der Waals surface area contributed by atoms with E-state index in [2.05, 4.69) is 38.1 Å². The molecule has 2 heterocycles. The number of hydrogen-bond donors (Lipinski definition) is 1. The minimum atomic E-state index is -0.373. The van der Waals surface area contributed by atoms with E-state index in [0.29, 0.717) is 22.6 Å². The topological polar surface area (TPSA) is 59.8 Å². The van der Waals surface area contributed by atoms with E-state index in [-0.39, 0.29) is 11.7 Å². The van der Waals surface area contributed by atoms with Gasteiger partial charge in [0, 0.05) is 22.2 Å². The monoisotopic (exact) mass is 476 g/mol. The maximum absolute atomic E-state index is 14.5. The zero-order chi connectivity index (χ0) is 18.8. The maximum Gasteiger partial charge on any atom is 0.256 e. The second-order valence-electron chi connectivity index (χ2n) is 6.53. The molecule has 0 saturated heterocycles. The lowest BCUT2D eigenvalue weighted by Gasteiger charge is -2.11. The molecule has 0 spiro atoms. The third kappa shape index (κ3) is 3.73. The van der Waals surface area contributed by atoms with Crippen LogP contribution in [0, 0.1) is 9.39 Å². The van der Waals surface area contributed by atoms with Crippen LogP contribution in [0.5, 0.6) is 0 Å². The molecule has 1 amide bonds. The molecule has 0 atom stereocenters. The molecule has 7 heteroatoms. The summed E-state index contributed by atoms with van der Waals surface area (Å²) in [6.07, 6.45) is 4.10. The van der Waals surface area contributed by atoms with Crippen LogP contribution in [0.15, 0.2) is 42.5 Å². The predicted octanol–water partition coefficient (Wildman–Crippen LogP) is 4.67. The van der Waals surface area contributed by atoms with E-state index in [0.717, 1.165) is 41.6 Å². The highest BCUT2D eigenvalue weighted by Crippen LogP contribution is 2.28. The van der Waals surface area contributed by atoms with E-state index in [1.54, 1.807) is 18.2 Å². The largest absolute Gasteiger partial charge is 0.322 e. The van der Waals surface area contributed by atoms with Crippen molar-refractivity contribution in [1.29, 1.82) is 0 Å². The van der Waals surface area contributed by atoms with E-state index >= 15 is 0 Å². The summed E-state index contributed by atoms with van der Waals surface area (Å²) in [5.41, 5.74) is 1.47. The fraction of sp³-hybridized carbons (Fsp3) is 0.250. The molecule has 1 N–H and O–H groups in total. The minimum Gasteiger partial charge on any atom is -0.322 e. The van der Waals surface area contributed by atoms with E-state index in [1.165, 1.54) is 6.07 Å². The highest BCUT2D eigenvalue weighted by atomic mass is 127. The summed E-state index contributed by atoms with van der Waals surface area (Å²) in [5.74, 6) is 0.823. The lowest BCUT2D eigenvalue weighted by Crippen LogP contribution is -2.13. The van der Waals surface area contributed by atoms with Crippen LogP contribution in [0.2, 0.25) is 0 Å². The van der Waals surface area contributed by atoms with Crippen molar-refractivity contribution >= 4 is 34.2 Å². The molecule has 27 heavy (non-hydrogen) atoms. The highest BCUT2D eigenvalue weighted by Gasteiger charge is 2.19. The summed E-state index contributed by atoms with van der Waals surface area (Å²) in [4.78, 5) is 12.6. The van der Waals surface area contributed by atoms with Crippen LogP contribution in [-0.4, -0.2) is 20.7 Å². The molecule has 1 aliphatic rings. The molecule has 4 rings (SSSR count). The second kappa shape index (κ2) is 7.75. The molecule has 138 valence electrons. The van der Waals surface area contributed by atoms with Crippen molar-refractivity contribution in [2.24, 2.45) is 0 Å². The first-order valence-corrected chi connectivity index (χ1v) is 9.99. The molecule has 3 aromatic rings. The SMILES string of the molecule is O=C(Nc1ccc(F)c(-c2nnc3n2CCCCC3)c1)c1ccccc1I. The number of nitrogens with zero attached hydrogens (tertiary/aromatic N) is 3. The Kier molecular flexibility index (Phi) is 5.20. The fourth-order valence-electron chi connectivity index (χ4n) is 3.30. The zero-order valence-corrected chi connectivity index (χ0v) is 16.7. The van der Waals surface area contributed by atoms with E-state index in [4.69, 9.17) is 0 Å². The molecular formula is C20H18FIN4O. The Hall–Kier alpha value is -2.29. The van der Waals surface area contributed by atoms with Crippen molar-refractivity contribution in [3.05, 3.63) is 63.2 Å².